The van der Waals surface area contributed by atoms with E-state index in [-0.39, 0.29) is 16.8 Å². The van der Waals surface area contributed by atoms with E-state index in [1.807, 2.05) is 24.3 Å². The summed E-state index contributed by atoms with van der Waals surface area (Å²) in [4.78, 5) is 16.2. The predicted molar refractivity (Wildman–Crippen MR) is 113 cm³/mol. The molecule has 0 bridgehead atoms. The molecule has 4 rings (SSSR count). The first-order valence-corrected chi connectivity index (χ1v) is 11.5. The first-order chi connectivity index (χ1) is 13.9. The van der Waals surface area contributed by atoms with E-state index in [1.54, 1.807) is 6.07 Å². The second-order valence-electron chi connectivity index (χ2n) is 6.84. The number of sulfonamides is 1. The van der Waals surface area contributed by atoms with Crippen molar-refractivity contribution in [1.82, 2.24) is 9.29 Å². The van der Waals surface area contributed by atoms with Crippen LogP contribution in [-0.2, 0) is 14.8 Å². The number of para-hydroxylation sites is 1. The van der Waals surface area contributed by atoms with Gasteiger partial charge in [-0.05, 0) is 37.1 Å². The Balaban J connectivity index is 1.69. The molecule has 1 atom stereocenters. The molecule has 152 valence electrons. The predicted octanol–water partition coefficient (Wildman–Crippen LogP) is 3.79. The van der Waals surface area contributed by atoms with E-state index >= 15 is 0 Å². The lowest BCUT2D eigenvalue weighted by atomic mass is 10.2. The summed E-state index contributed by atoms with van der Waals surface area (Å²) in [6, 6.07) is 12.0. The number of rotatable bonds is 5. The number of thiazole rings is 1. The van der Waals surface area contributed by atoms with Crippen LogP contribution in [0.2, 0.25) is 0 Å². The van der Waals surface area contributed by atoms with Crippen molar-refractivity contribution in [2.45, 2.75) is 30.7 Å². The highest BCUT2D eigenvalue weighted by Gasteiger charge is 2.38. The van der Waals surface area contributed by atoms with Gasteiger partial charge in [0, 0.05) is 19.5 Å². The van der Waals surface area contributed by atoms with Gasteiger partial charge in [0.25, 0.3) is 0 Å². The van der Waals surface area contributed by atoms with Crippen molar-refractivity contribution >= 4 is 43.2 Å². The molecule has 1 fully saturated rings. The minimum absolute atomic E-state index is 0.136. The number of hydrogen-bond donors (Lipinski definition) is 1. The number of amides is 1. The Kier molecular flexibility index (Phi) is 5.28. The molecular weight excluding hydrogens is 410 g/mol. The largest absolute Gasteiger partial charge is 0.495 e. The maximum absolute atomic E-state index is 13.4. The smallest absolute Gasteiger partial charge is 0.243 e. The summed E-state index contributed by atoms with van der Waals surface area (Å²) >= 11 is 1.54. The van der Waals surface area contributed by atoms with Gasteiger partial charge in [0.15, 0.2) is 0 Å². The molecular formula is C20H21N3O4S2. The number of carbonyl (C=O) groups excluding carboxylic acids is 1. The Morgan fingerprint density at radius 3 is 2.79 bits per heavy atom. The molecule has 29 heavy (non-hydrogen) atoms. The quantitative estimate of drug-likeness (QED) is 0.664. The van der Waals surface area contributed by atoms with Gasteiger partial charge in [-0.25, -0.2) is 13.4 Å². The van der Waals surface area contributed by atoms with Crippen LogP contribution < -0.4 is 10.1 Å². The van der Waals surface area contributed by atoms with Gasteiger partial charge in [0.1, 0.15) is 10.8 Å². The van der Waals surface area contributed by atoms with Crippen LogP contribution in [0, 0.1) is 0 Å². The van der Waals surface area contributed by atoms with E-state index in [1.165, 1.54) is 41.8 Å². The molecule has 1 saturated heterocycles. The average molecular weight is 432 g/mol. The van der Waals surface area contributed by atoms with E-state index in [0.717, 1.165) is 28.1 Å². The van der Waals surface area contributed by atoms with E-state index in [4.69, 9.17) is 4.74 Å². The van der Waals surface area contributed by atoms with Crippen molar-refractivity contribution in [1.29, 1.82) is 0 Å². The molecule has 2 aromatic carbocycles. The molecule has 1 aliphatic heterocycles. The van der Waals surface area contributed by atoms with Gasteiger partial charge in [0.05, 0.1) is 34.0 Å². The van der Waals surface area contributed by atoms with Crippen LogP contribution in [0.5, 0.6) is 5.75 Å². The third kappa shape index (κ3) is 3.73. The Morgan fingerprint density at radius 1 is 1.28 bits per heavy atom. The van der Waals surface area contributed by atoms with Crippen molar-refractivity contribution < 1.29 is 17.9 Å². The average Bonchev–Trinajstić information content (AvgIpc) is 3.34. The molecule has 0 unspecified atom stereocenters. The Labute approximate surface area is 173 Å². The number of nitrogens with zero attached hydrogens (tertiary/aromatic N) is 2. The molecule has 0 spiro atoms. The fraction of sp³-hybridized carbons (Fsp3) is 0.300. The van der Waals surface area contributed by atoms with Crippen LogP contribution in [0.25, 0.3) is 10.2 Å². The number of carbonyl (C=O) groups is 1. The Morgan fingerprint density at radius 2 is 2.07 bits per heavy atom. The third-order valence-corrected chi connectivity index (χ3v) is 7.93. The van der Waals surface area contributed by atoms with Crippen LogP contribution in [0.4, 0.5) is 5.69 Å². The zero-order valence-electron chi connectivity index (χ0n) is 16.1. The highest BCUT2D eigenvalue weighted by molar-refractivity contribution is 7.89. The molecule has 0 saturated carbocycles. The molecule has 3 aromatic rings. The summed E-state index contributed by atoms with van der Waals surface area (Å²) in [6.07, 6.45) is 1.51. The molecule has 1 aromatic heterocycles. The van der Waals surface area contributed by atoms with Gasteiger partial charge in [0.2, 0.25) is 15.9 Å². The minimum atomic E-state index is -3.74. The van der Waals surface area contributed by atoms with Crippen molar-refractivity contribution in [2.24, 2.45) is 0 Å². The summed E-state index contributed by atoms with van der Waals surface area (Å²) in [5.41, 5.74) is 1.32. The first-order valence-electron chi connectivity index (χ1n) is 9.23. The van der Waals surface area contributed by atoms with Gasteiger partial charge in [-0.2, -0.15) is 4.31 Å². The molecule has 1 amide bonds. The van der Waals surface area contributed by atoms with Gasteiger partial charge < -0.3 is 10.1 Å². The van der Waals surface area contributed by atoms with Crippen LogP contribution >= 0.6 is 11.3 Å². The van der Waals surface area contributed by atoms with Crippen molar-refractivity contribution in [3.05, 3.63) is 47.5 Å². The fourth-order valence-corrected chi connectivity index (χ4v) is 6.43. The molecule has 1 aliphatic rings. The fourth-order valence-electron chi connectivity index (χ4n) is 3.57. The van der Waals surface area contributed by atoms with Gasteiger partial charge >= 0.3 is 0 Å². The third-order valence-electron chi connectivity index (χ3n) is 4.89. The second-order valence-corrected chi connectivity index (χ2v) is 9.79. The number of hydrogen-bond acceptors (Lipinski definition) is 6. The van der Waals surface area contributed by atoms with E-state index in [9.17, 15) is 13.2 Å². The normalized spacial score (nSPS) is 17.5. The highest BCUT2D eigenvalue weighted by Crippen LogP contribution is 2.40. The summed E-state index contributed by atoms with van der Waals surface area (Å²) in [5.74, 6) is 0.0476. The van der Waals surface area contributed by atoms with E-state index in [0.29, 0.717) is 18.0 Å². The molecule has 0 radical (unpaired) electrons. The van der Waals surface area contributed by atoms with Crippen LogP contribution in [0.15, 0.2) is 47.4 Å². The number of nitrogens with one attached hydrogen (secondary N) is 1. The lowest BCUT2D eigenvalue weighted by Crippen LogP contribution is -2.30. The lowest BCUT2D eigenvalue weighted by molar-refractivity contribution is -0.114. The molecule has 9 heteroatoms. The van der Waals surface area contributed by atoms with E-state index in [2.05, 4.69) is 10.3 Å². The second kappa shape index (κ2) is 7.74. The maximum atomic E-state index is 13.4. The van der Waals surface area contributed by atoms with Gasteiger partial charge in [-0.15, -0.1) is 11.3 Å². The maximum Gasteiger partial charge on any atom is 0.243 e. The highest BCUT2D eigenvalue weighted by atomic mass is 32.2. The summed E-state index contributed by atoms with van der Waals surface area (Å²) in [6.45, 7) is 1.83. The van der Waals surface area contributed by atoms with Crippen LogP contribution in [0.1, 0.15) is 30.8 Å². The number of fused-ring (bicyclic) bond motifs is 1. The summed E-state index contributed by atoms with van der Waals surface area (Å²) in [5, 5.41) is 3.46. The van der Waals surface area contributed by atoms with Gasteiger partial charge in [-0.1, -0.05) is 12.1 Å². The number of anilines is 1. The summed E-state index contributed by atoms with van der Waals surface area (Å²) < 4.78 is 34.7. The van der Waals surface area contributed by atoms with Crippen LogP contribution in [0.3, 0.4) is 0 Å². The lowest BCUT2D eigenvalue weighted by Gasteiger charge is -2.23. The van der Waals surface area contributed by atoms with E-state index < -0.39 is 10.0 Å². The van der Waals surface area contributed by atoms with Crippen LogP contribution in [-0.4, -0.2) is 37.3 Å². The molecule has 1 N–H and O–H groups in total. The van der Waals surface area contributed by atoms with Crippen molar-refractivity contribution in [3.8, 4) is 5.75 Å². The number of ether oxygens (including phenoxy) is 1. The monoisotopic (exact) mass is 431 g/mol. The zero-order chi connectivity index (χ0) is 20.6. The van der Waals surface area contributed by atoms with Gasteiger partial charge in [-0.3, -0.25) is 4.79 Å². The topological polar surface area (TPSA) is 88.6 Å². The van der Waals surface area contributed by atoms with Crippen molar-refractivity contribution in [2.75, 3.05) is 19.0 Å². The Bertz CT molecular complexity index is 1140. The molecule has 0 aliphatic carbocycles. The van der Waals surface area contributed by atoms with Crippen molar-refractivity contribution in [3.63, 3.8) is 0 Å². The minimum Gasteiger partial charge on any atom is -0.495 e. The standard InChI is InChI=1S/C20H21N3O4S2/c1-13(24)21-15-10-9-14(12-18(15)27-2)29(25,26)23-11-5-7-17(23)20-22-16-6-3-4-8-19(16)28-20/h3-4,6,8-10,12,17H,5,7,11H2,1-2H3,(H,21,24)/t17-/m0/s1. The summed E-state index contributed by atoms with van der Waals surface area (Å²) in [7, 11) is -2.30. The first kappa shape index (κ1) is 19.8. The number of methoxy groups -OCH3 is 1. The molecule has 2 heterocycles. The molecule has 7 nitrogen and oxygen atoms in total. The SMILES string of the molecule is COc1cc(S(=O)(=O)N2CCC[C@H]2c2nc3ccccc3s2)ccc1NC(C)=O. The Hall–Kier alpha value is -2.49. The number of aromatic nitrogens is 1. The number of benzene rings is 2. The zero-order valence-corrected chi connectivity index (χ0v) is 17.7.